The van der Waals surface area contributed by atoms with Gasteiger partial charge < -0.3 is 19.7 Å². The molecule has 1 saturated heterocycles. The summed E-state index contributed by atoms with van der Waals surface area (Å²) < 4.78 is 64.1. The molecule has 5 rings (SSSR count). The number of benzene rings is 3. The SMILES string of the molecule is CCN1CCC(COc2cc3ncnc(-c4ccc(NC(=O)Cc5ccc(C(F)(F)F)c(F)c5)cc4)c3cc2OC)CC1. The Bertz CT molecular complexity index is 1590. The molecule has 1 aliphatic rings. The van der Waals surface area contributed by atoms with E-state index in [0.29, 0.717) is 47.0 Å². The van der Waals surface area contributed by atoms with E-state index in [2.05, 4.69) is 27.1 Å². The number of carbonyl (C=O) groups is 1. The minimum atomic E-state index is -4.80. The highest BCUT2D eigenvalue weighted by Gasteiger charge is 2.34. The van der Waals surface area contributed by atoms with Gasteiger partial charge in [-0.1, -0.05) is 25.1 Å². The lowest BCUT2D eigenvalue weighted by atomic mass is 9.98. The Morgan fingerprint density at radius 2 is 1.77 bits per heavy atom. The predicted octanol–water partition coefficient (Wildman–Crippen LogP) is 6.76. The van der Waals surface area contributed by atoms with Crippen molar-refractivity contribution in [3.05, 3.63) is 77.9 Å². The highest BCUT2D eigenvalue weighted by Crippen LogP contribution is 2.36. The van der Waals surface area contributed by atoms with Crippen LogP contribution in [0.15, 0.2) is 60.9 Å². The summed E-state index contributed by atoms with van der Waals surface area (Å²) in [6.07, 6.45) is -1.41. The Labute approximate surface area is 246 Å². The lowest BCUT2D eigenvalue weighted by molar-refractivity contribution is -0.140. The van der Waals surface area contributed by atoms with Gasteiger partial charge >= 0.3 is 6.18 Å². The minimum absolute atomic E-state index is 0.131. The fourth-order valence-electron chi connectivity index (χ4n) is 5.24. The number of carbonyl (C=O) groups excluding carboxylic acids is 1. The van der Waals surface area contributed by atoms with Crippen molar-refractivity contribution in [3.63, 3.8) is 0 Å². The summed E-state index contributed by atoms with van der Waals surface area (Å²) in [5.41, 5.74) is 1.37. The van der Waals surface area contributed by atoms with Gasteiger partial charge in [0, 0.05) is 22.7 Å². The molecule has 0 atom stereocenters. The number of amides is 1. The summed E-state index contributed by atoms with van der Waals surface area (Å²) in [6.45, 7) is 6.02. The molecule has 7 nitrogen and oxygen atoms in total. The second-order valence-corrected chi connectivity index (χ2v) is 10.5. The Morgan fingerprint density at radius 1 is 1.02 bits per heavy atom. The van der Waals surface area contributed by atoms with Crippen LogP contribution in [0.4, 0.5) is 23.2 Å². The third kappa shape index (κ3) is 7.22. The Hall–Kier alpha value is -4.25. The molecule has 0 unspecified atom stereocenters. The van der Waals surface area contributed by atoms with E-state index in [4.69, 9.17) is 9.47 Å². The van der Waals surface area contributed by atoms with Crippen LogP contribution in [0.3, 0.4) is 0 Å². The van der Waals surface area contributed by atoms with Crippen molar-refractivity contribution >= 4 is 22.5 Å². The zero-order chi connectivity index (χ0) is 30.6. The van der Waals surface area contributed by atoms with Crippen LogP contribution in [-0.4, -0.2) is 54.1 Å². The molecule has 1 amide bonds. The summed E-state index contributed by atoms with van der Waals surface area (Å²) in [4.78, 5) is 23.8. The van der Waals surface area contributed by atoms with Crippen molar-refractivity contribution < 1.29 is 31.8 Å². The van der Waals surface area contributed by atoms with Gasteiger partial charge in [0.05, 0.1) is 36.9 Å². The first-order chi connectivity index (χ1) is 20.6. The summed E-state index contributed by atoms with van der Waals surface area (Å²) in [5.74, 6) is -0.212. The van der Waals surface area contributed by atoms with Gasteiger partial charge in [0.15, 0.2) is 11.5 Å². The molecule has 226 valence electrons. The number of anilines is 1. The molecule has 43 heavy (non-hydrogen) atoms. The molecule has 0 spiro atoms. The Balaban J connectivity index is 1.27. The van der Waals surface area contributed by atoms with Gasteiger partial charge in [-0.05, 0) is 74.3 Å². The largest absolute Gasteiger partial charge is 0.493 e. The molecule has 4 aromatic rings. The van der Waals surface area contributed by atoms with Crippen molar-refractivity contribution in [1.29, 1.82) is 0 Å². The van der Waals surface area contributed by atoms with E-state index < -0.39 is 23.5 Å². The molecule has 0 saturated carbocycles. The normalized spacial score (nSPS) is 14.6. The number of hydrogen-bond donors (Lipinski definition) is 1. The van der Waals surface area contributed by atoms with Crippen LogP contribution in [0.25, 0.3) is 22.2 Å². The van der Waals surface area contributed by atoms with Gasteiger partial charge in [0.1, 0.15) is 12.1 Å². The number of halogens is 4. The standard InChI is InChI=1S/C32H32F4N4O3/c1-3-40-12-10-20(11-13-40)18-43-29-17-27-24(16-28(29)42-2)31(38-19-37-27)22-5-7-23(8-6-22)39-30(41)15-21-4-9-25(26(33)14-21)32(34,35)36/h4-9,14,16-17,19-20H,3,10-13,15,18H2,1-2H3,(H,39,41). The van der Waals surface area contributed by atoms with Crippen molar-refractivity contribution in [3.8, 4) is 22.8 Å². The molecule has 2 heterocycles. The number of rotatable bonds is 9. The quantitative estimate of drug-likeness (QED) is 0.215. The van der Waals surface area contributed by atoms with E-state index in [0.717, 1.165) is 55.6 Å². The van der Waals surface area contributed by atoms with E-state index in [9.17, 15) is 22.4 Å². The lowest BCUT2D eigenvalue weighted by Crippen LogP contribution is -2.35. The van der Waals surface area contributed by atoms with Gasteiger partial charge in [-0.2, -0.15) is 13.2 Å². The second-order valence-electron chi connectivity index (χ2n) is 10.5. The Kier molecular flexibility index (Phi) is 9.10. The van der Waals surface area contributed by atoms with Gasteiger partial charge in [0.2, 0.25) is 5.91 Å². The number of piperidine rings is 1. The molecular formula is C32H32F4N4O3. The number of fused-ring (bicyclic) bond motifs is 1. The summed E-state index contributed by atoms with van der Waals surface area (Å²) in [5, 5.41) is 3.46. The number of nitrogens with zero attached hydrogens (tertiary/aromatic N) is 3. The molecule has 0 aliphatic carbocycles. The van der Waals surface area contributed by atoms with Gasteiger partial charge in [-0.25, -0.2) is 14.4 Å². The van der Waals surface area contributed by atoms with Gasteiger partial charge in [-0.15, -0.1) is 0 Å². The Morgan fingerprint density at radius 3 is 2.42 bits per heavy atom. The van der Waals surface area contributed by atoms with Crippen molar-refractivity contribution in [2.45, 2.75) is 32.4 Å². The number of likely N-dealkylation sites (tertiary alicyclic amines) is 1. The van der Waals surface area contributed by atoms with Crippen LogP contribution >= 0.6 is 0 Å². The first-order valence-corrected chi connectivity index (χ1v) is 14.1. The third-order valence-corrected chi connectivity index (χ3v) is 7.70. The molecule has 0 radical (unpaired) electrons. The van der Waals surface area contributed by atoms with Crippen LogP contribution in [-0.2, 0) is 17.4 Å². The molecule has 1 aromatic heterocycles. The number of aromatic nitrogens is 2. The smallest absolute Gasteiger partial charge is 0.419 e. The molecule has 3 aromatic carbocycles. The number of ether oxygens (including phenoxy) is 2. The maximum Gasteiger partial charge on any atom is 0.419 e. The van der Waals surface area contributed by atoms with Gasteiger partial charge in [0.25, 0.3) is 0 Å². The first-order valence-electron chi connectivity index (χ1n) is 14.1. The van der Waals surface area contributed by atoms with Crippen molar-refractivity contribution in [2.75, 3.05) is 38.7 Å². The number of alkyl halides is 3. The summed E-state index contributed by atoms with van der Waals surface area (Å²) >= 11 is 0. The molecule has 1 N–H and O–H groups in total. The maximum absolute atomic E-state index is 13.9. The fraction of sp³-hybridized carbons (Fsp3) is 0.344. The highest BCUT2D eigenvalue weighted by molar-refractivity contribution is 5.95. The second kappa shape index (κ2) is 12.9. The van der Waals surface area contributed by atoms with Crippen LogP contribution in [0, 0.1) is 11.7 Å². The van der Waals surface area contributed by atoms with E-state index in [1.165, 1.54) is 6.33 Å². The van der Waals surface area contributed by atoms with Crippen LogP contribution in [0.2, 0.25) is 0 Å². The molecule has 1 aliphatic heterocycles. The van der Waals surface area contributed by atoms with E-state index in [1.54, 1.807) is 31.4 Å². The first kappa shape index (κ1) is 30.2. The lowest BCUT2D eigenvalue weighted by Gasteiger charge is -2.30. The molecule has 11 heteroatoms. The molecular weight excluding hydrogens is 564 g/mol. The average molecular weight is 597 g/mol. The topological polar surface area (TPSA) is 76.6 Å². The zero-order valence-electron chi connectivity index (χ0n) is 23.9. The monoisotopic (exact) mass is 596 g/mol. The zero-order valence-corrected chi connectivity index (χ0v) is 23.9. The maximum atomic E-state index is 13.9. The predicted molar refractivity (Wildman–Crippen MR) is 156 cm³/mol. The molecule has 1 fully saturated rings. The van der Waals surface area contributed by atoms with E-state index in [-0.39, 0.29) is 12.0 Å². The highest BCUT2D eigenvalue weighted by atomic mass is 19.4. The fourth-order valence-corrected chi connectivity index (χ4v) is 5.24. The van der Waals surface area contributed by atoms with E-state index >= 15 is 0 Å². The summed E-state index contributed by atoms with van der Waals surface area (Å²) in [7, 11) is 1.59. The van der Waals surface area contributed by atoms with Crippen LogP contribution in [0.5, 0.6) is 11.5 Å². The van der Waals surface area contributed by atoms with Gasteiger partial charge in [-0.3, -0.25) is 4.79 Å². The van der Waals surface area contributed by atoms with Crippen molar-refractivity contribution in [1.82, 2.24) is 14.9 Å². The van der Waals surface area contributed by atoms with Crippen LogP contribution in [0.1, 0.15) is 30.9 Å². The number of methoxy groups -OCH3 is 1. The van der Waals surface area contributed by atoms with E-state index in [1.807, 2.05) is 12.1 Å². The van der Waals surface area contributed by atoms with Crippen molar-refractivity contribution in [2.24, 2.45) is 5.92 Å². The number of hydrogen-bond acceptors (Lipinski definition) is 6. The van der Waals surface area contributed by atoms with Crippen LogP contribution < -0.4 is 14.8 Å². The average Bonchev–Trinajstić information content (AvgIpc) is 2.99. The number of nitrogens with one attached hydrogen (secondary N) is 1. The third-order valence-electron chi connectivity index (χ3n) is 7.70. The molecule has 0 bridgehead atoms. The summed E-state index contributed by atoms with van der Waals surface area (Å²) in [6, 6.07) is 13.1. The minimum Gasteiger partial charge on any atom is -0.493 e.